The first-order valence-corrected chi connectivity index (χ1v) is 9.23. The molecular weight excluding hydrogens is 340 g/mol. The number of nitrogens with zero attached hydrogens (tertiary/aromatic N) is 1. The highest BCUT2D eigenvalue weighted by Crippen LogP contribution is 2.24. The van der Waals surface area contributed by atoms with Gasteiger partial charge < -0.3 is 10.2 Å². The lowest BCUT2D eigenvalue weighted by Crippen LogP contribution is -2.34. The van der Waals surface area contributed by atoms with Crippen molar-refractivity contribution in [2.75, 3.05) is 25.2 Å². The molecule has 1 atom stereocenters. The molecule has 0 saturated heterocycles. The summed E-state index contributed by atoms with van der Waals surface area (Å²) in [6.45, 7) is 3.07. The first-order valence-electron chi connectivity index (χ1n) is 7.13. The summed E-state index contributed by atoms with van der Waals surface area (Å²) in [5, 5.41) is 1.53. The van der Waals surface area contributed by atoms with Gasteiger partial charge in [-0.05, 0) is 31.5 Å². The quantitative estimate of drug-likeness (QED) is 0.842. The summed E-state index contributed by atoms with van der Waals surface area (Å²) in [6, 6.07) is 4.46. The van der Waals surface area contributed by atoms with Crippen molar-refractivity contribution in [2.24, 2.45) is 0 Å². The van der Waals surface area contributed by atoms with Crippen LogP contribution in [0.3, 0.4) is 0 Å². The summed E-state index contributed by atoms with van der Waals surface area (Å²) in [4.78, 5) is 25.5. The predicted molar refractivity (Wildman–Crippen MR) is 91.6 cm³/mol. The van der Waals surface area contributed by atoms with Crippen LogP contribution in [-0.4, -0.2) is 50.2 Å². The molecule has 0 saturated carbocycles. The van der Waals surface area contributed by atoms with Gasteiger partial charge in [-0.15, -0.1) is 0 Å². The van der Waals surface area contributed by atoms with Crippen LogP contribution in [0.4, 0.5) is 5.69 Å². The van der Waals surface area contributed by atoms with Crippen LogP contribution < -0.4 is 5.32 Å². The largest absolute Gasteiger partial charge is 0.345 e. The molecule has 2 amide bonds. The van der Waals surface area contributed by atoms with Crippen molar-refractivity contribution < 1.29 is 18.0 Å². The molecule has 0 aliphatic rings. The summed E-state index contributed by atoms with van der Waals surface area (Å²) in [5.74, 6) is -0.979. The van der Waals surface area contributed by atoms with Crippen LogP contribution in [0.2, 0.25) is 5.02 Å². The molecule has 1 unspecified atom stereocenters. The Morgan fingerprint density at radius 1 is 1.30 bits per heavy atom. The Morgan fingerprint density at radius 2 is 1.91 bits per heavy atom. The Kier molecular flexibility index (Phi) is 6.58. The van der Waals surface area contributed by atoms with E-state index >= 15 is 0 Å². The third-order valence-corrected chi connectivity index (χ3v) is 5.87. The SMILES string of the molecule is CCCS(=O)(=O)C(C)C(=O)Nc1cc(C(=O)N(C)C)ccc1Cl. The van der Waals surface area contributed by atoms with Crippen LogP contribution in [0.1, 0.15) is 30.6 Å². The molecule has 1 rings (SSSR count). The van der Waals surface area contributed by atoms with Gasteiger partial charge in [0.15, 0.2) is 9.84 Å². The molecule has 1 aromatic carbocycles. The molecule has 0 aliphatic carbocycles. The van der Waals surface area contributed by atoms with E-state index in [4.69, 9.17) is 11.6 Å². The van der Waals surface area contributed by atoms with E-state index in [1.807, 2.05) is 0 Å². The molecule has 1 N–H and O–H groups in total. The van der Waals surface area contributed by atoms with E-state index in [-0.39, 0.29) is 22.4 Å². The van der Waals surface area contributed by atoms with Gasteiger partial charge in [0.25, 0.3) is 5.91 Å². The van der Waals surface area contributed by atoms with Crippen LogP contribution in [0, 0.1) is 0 Å². The lowest BCUT2D eigenvalue weighted by atomic mass is 10.1. The van der Waals surface area contributed by atoms with Gasteiger partial charge in [0.2, 0.25) is 5.91 Å². The molecule has 128 valence electrons. The Morgan fingerprint density at radius 3 is 2.43 bits per heavy atom. The summed E-state index contributed by atoms with van der Waals surface area (Å²) in [5.41, 5.74) is 0.557. The Balaban J connectivity index is 3.02. The number of nitrogens with one attached hydrogen (secondary N) is 1. The van der Waals surface area contributed by atoms with E-state index in [0.717, 1.165) is 0 Å². The van der Waals surface area contributed by atoms with Gasteiger partial charge in [0.05, 0.1) is 16.5 Å². The zero-order chi connectivity index (χ0) is 17.8. The fourth-order valence-corrected chi connectivity index (χ4v) is 3.34. The highest BCUT2D eigenvalue weighted by atomic mass is 35.5. The standard InChI is InChI=1S/C15H21ClN2O4S/c1-5-8-23(21,22)10(2)14(19)17-13-9-11(6-7-12(13)16)15(20)18(3)4/h6-7,9-10H,5,8H2,1-4H3,(H,17,19). The van der Waals surface area contributed by atoms with Gasteiger partial charge in [0.1, 0.15) is 5.25 Å². The van der Waals surface area contributed by atoms with Gasteiger partial charge in [-0.25, -0.2) is 8.42 Å². The number of halogens is 1. The second-order valence-electron chi connectivity index (χ2n) is 5.39. The van der Waals surface area contributed by atoms with E-state index in [9.17, 15) is 18.0 Å². The maximum absolute atomic E-state index is 12.2. The van der Waals surface area contributed by atoms with Crippen molar-refractivity contribution in [1.82, 2.24) is 4.90 Å². The Hall–Kier alpha value is -1.60. The normalized spacial score (nSPS) is 12.6. The molecular formula is C15H21ClN2O4S. The number of carbonyl (C=O) groups is 2. The van der Waals surface area contributed by atoms with E-state index in [0.29, 0.717) is 12.0 Å². The maximum atomic E-state index is 12.2. The third kappa shape index (κ3) is 4.94. The molecule has 0 aromatic heterocycles. The molecule has 0 fully saturated rings. The minimum atomic E-state index is -3.51. The van der Waals surface area contributed by atoms with Gasteiger partial charge in [-0.1, -0.05) is 18.5 Å². The molecule has 0 radical (unpaired) electrons. The van der Waals surface area contributed by atoms with Crippen LogP contribution >= 0.6 is 11.6 Å². The maximum Gasteiger partial charge on any atom is 0.253 e. The first kappa shape index (κ1) is 19.4. The zero-order valence-corrected chi connectivity index (χ0v) is 15.2. The van der Waals surface area contributed by atoms with Crippen molar-refractivity contribution in [3.05, 3.63) is 28.8 Å². The van der Waals surface area contributed by atoms with Gasteiger partial charge in [-0.3, -0.25) is 9.59 Å². The van der Waals surface area contributed by atoms with E-state index in [2.05, 4.69) is 5.32 Å². The number of anilines is 1. The lowest BCUT2D eigenvalue weighted by molar-refractivity contribution is -0.115. The van der Waals surface area contributed by atoms with Crippen molar-refractivity contribution in [1.29, 1.82) is 0 Å². The molecule has 0 heterocycles. The summed E-state index contributed by atoms with van der Waals surface area (Å²) >= 11 is 6.02. The highest BCUT2D eigenvalue weighted by molar-refractivity contribution is 7.92. The average Bonchev–Trinajstić information content (AvgIpc) is 2.47. The zero-order valence-electron chi connectivity index (χ0n) is 13.6. The van der Waals surface area contributed by atoms with Crippen molar-refractivity contribution in [3.63, 3.8) is 0 Å². The number of carbonyl (C=O) groups excluding carboxylic acids is 2. The predicted octanol–water partition coefficient (Wildman–Crippen LogP) is 2.19. The average molecular weight is 361 g/mol. The smallest absolute Gasteiger partial charge is 0.253 e. The number of sulfone groups is 1. The lowest BCUT2D eigenvalue weighted by Gasteiger charge is -2.15. The number of hydrogen-bond acceptors (Lipinski definition) is 4. The number of benzene rings is 1. The van der Waals surface area contributed by atoms with Crippen LogP contribution in [0.5, 0.6) is 0 Å². The fourth-order valence-electron chi connectivity index (χ4n) is 1.87. The summed E-state index contributed by atoms with van der Waals surface area (Å²) in [7, 11) is -0.301. The topological polar surface area (TPSA) is 83.5 Å². The number of rotatable bonds is 6. The highest BCUT2D eigenvalue weighted by Gasteiger charge is 2.27. The van der Waals surface area contributed by atoms with Crippen LogP contribution in [-0.2, 0) is 14.6 Å². The molecule has 23 heavy (non-hydrogen) atoms. The first-order chi connectivity index (χ1) is 10.6. The second-order valence-corrected chi connectivity index (χ2v) is 8.24. The van der Waals surface area contributed by atoms with Gasteiger partial charge >= 0.3 is 0 Å². The monoisotopic (exact) mass is 360 g/mol. The van der Waals surface area contributed by atoms with Crippen LogP contribution in [0.15, 0.2) is 18.2 Å². The molecule has 0 aliphatic heterocycles. The molecule has 0 spiro atoms. The van der Waals surface area contributed by atoms with Crippen molar-refractivity contribution in [2.45, 2.75) is 25.5 Å². The van der Waals surface area contributed by atoms with E-state index < -0.39 is 21.0 Å². The van der Waals surface area contributed by atoms with Crippen LogP contribution in [0.25, 0.3) is 0 Å². The second kappa shape index (κ2) is 7.79. The molecule has 8 heteroatoms. The minimum Gasteiger partial charge on any atom is -0.345 e. The van der Waals surface area contributed by atoms with Gasteiger partial charge in [-0.2, -0.15) is 0 Å². The number of amides is 2. The Bertz CT molecular complexity index is 701. The summed E-state index contributed by atoms with van der Waals surface area (Å²) < 4.78 is 23.9. The fraction of sp³-hybridized carbons (Fsp3) is 0.467. The third-order valence-electron chi connectivity index (χ3n) is 3.27. The van der Waals surface area contributed by atoms with Crippen molar-refractivity contribution >= 4 is 38.9 Å². The van der Waals surface area contributed by atoms with E-state index in [1.54, 1.807) is 21.0 Å². The number of hydrogen-bond donors (Lipinski definition) is 1. The van der Waals surface area contributed by atoms with Gasteiger partial charge in [0, 0.05) is 19.7 Å². The molecule has 6 nitrogen and oxygen atoms in total. The van der Waals surface area contributed by atoms with Crippen molar-refractivity contribution in [3.8, 4) is 0 Å². The Labute approximate surface area is 141 Å². The molecule has 1 aromatic rings. The van der Waals surface area contributed by atoms with E-state index in [1.165, 1.54) is 30.0 Å². The summed E-state index contributed by atoms with van der Waals surface area (Å²) in [6.07, 6.45) is 0.438. The minimum absolute atomic E-state index is 0.0610. The molecule has 0 bridgehead atoms.